The Balaban J connectivity index is 1.06. The second-order valence-electron chi connectivity index (χ2n) is 11.8. The number of benzene rings is 3. The highest BCUT2D eigenvalue weighted by Gasteiger charge is 2.21. The van der Waals surface area contributed by atoms with Gasteiger partial charge in [0, 0.05) is 68.0 Å². The summed E-state index contributed by atoms with van der Waals surface area (Å²) in [6.45, 7) is 5.90. The molecule has 0 radical (unpaired) electrons. The minimum Gasteiger partial charge on any atom is -0.495 e. The van der Waals surface area contributed by atoms with Gasteiger partial charge in [-0.15, -0.1) is 11.3 Å². The molecule has 11 heteroatoms. The van der Waals surface area contributed by atoms with Crippen molar-refractivity contribution < 1.29 is 9.53 Å². The summed E-state index contributed by atoms with van der Waals surface area (Å²) in [5, 5.41) is 3.74. The van der Waals surface area contributed by atoms with Gasteiger partial charge in [-0.3, -0.25) is 19.1 Å². The Kier molecular flexibility index (Phi) is 9.82. The predicted molar refractivity (Wildman–Crippen MR) is 186 cm³/mol. The van der Waals surface area contributed by atoms with Crippen LogP contribution in [0.3, 0.4) is 0 Å². The lowest BCUT2D eigenvalue weighted by Gasteiger charge is -2.36. The normalized spacial score (nSPS) is 13.9. The summed E-state index contributed by atoms with van der Waals surface area (Å²) in [5.41, 5.74) is 2.80. The van der Waals surface area contributed by atoms with Gasteiger partial charge >= 0.3 is 5.69 Å². The molecule has 2 N–H and O–H groups in total. The van der Waals surface area contributed by atoms with Crippen molar-refractivity contribution in [2.75, 3.05) is 63.6 Å². The van der Waals surface area contributed by atoms with Crippen LogP contribution >= 0.6 is 11.3 Å². The first-order chi connectivity index (χ1) is 22.4. The van der Waals surface area contributed by atoms with Gasteiger partial charge < -0.3 is 24.8 Å². The van der Waals surface area contributed by atoms with E-state index in [0.717, 1.165) is 67.2 Å². The molecule has 1 aliphatic heterocycles. The van der Waals surface area contributed by atoms with Crippen LogP contribution in [0.4, 0.5) is 11.4 Å². The summed E-state index contributed by atoms with van der Waals surface area (Å²) in [5.74, 6) is 0.796. The van der Waals surface area contributed by atoms with E-state index in [1.54, 1.807) is 7.11 Å². The first kappa shape index (κ1) is 31.5. The van der Waals surface area contributed by atoms with Crippen LogP contribution in [-0.4, -0.2) is 78.7 Å². The number of ether oxygens (including phenoxy) is 1. The van der Waals surface area contributed by atoms with Crippen LogP contribution in [0.25, 0.3) is 20.3 Å². The third-order valence-corrected chi connectivity index (χ3v) is 9.72. The van der Waals surface area contributed by atoms with Crippen molar-refractivity contribution in [3.63, 3.8) is 0 Å². The third-order valence-electron chi connectivity index (χ3n) is 8.57. The van der Waals surface area contributed by atoms with E-state index in [9.17, 15) is 14.4 Å². The number of aromatic nitrogens is 2. The van der Waals surface area contributed by atoms with E-state index in [1.807, 2.05) is 54.6 Å². The quantitative estimate of drug-likeness (QED) is 0.206. The molecule has 0 bridgehead atoms. The van der Waals surface area contributed by atoms with Gasteiger partial charge in [0.25, 0.3) is 5.56 Å². The van der Waals surface area contributed by atoms with Gasteiger partial charge in [0.15, 0.2) is 0 Å². The van der Waals surface area contributed by atoms with E-state index >= 15 is 0 Å². The van der Waals surface area contributed by atoms with E-state index < -0.39 is 5.69 Å². The minimum atomic E-state index is -0.418. The lowest BCUT2D eigenvalue weighted by atomic mass is 10.2. The largest absolute Gasteiger partial charge is 0.495 e. The lowest BCUT2D eigenvalue weighted by Crippen LogP contribution is -2.48. The number of methoxy groups -OCH3 is 1. The fourth-order valence-corrected chi connectivity index (χ4v) is 7.18. The average Bonchev–Trinajstić information content (AvgIpc) is 3.43. The second kappa shape index (κ2) is 14.3. The van der Waals surface area contributed by atoms with E-state index in [-0.39, 0.29) is 11.5 Å². The van der Waals surface area contributed by atoms with Crippen LogP contribution in [-0.2, 0) is 17.9 Å². The van der Waals surface area contributed by atoms with Crippen molar-refractivity contribution in [3.8, 4) is 5.75 Å². The number of piperazine rings is 1. The number of nitrogens with one attached hydrogen (secondary N) is 2. The van der Waals surface area contributed by atoms with Gasteiger partial charge in [-0.1, -0.05) is 42.5 Å². The van der Waals surface area contributed by atoms with Crippen LogP contribution in [0.5, 0.6) is 5.75 Å². The molecule has 0 atom stereocenters. The number of aromatic amines is 1. The number of fused-ring (bicyclic) bond motifs is 3. The number of nitrogens with zero attached hydrogens (tertiary/aromatic N) is 4. The molecule has 0 unspecified atom stereocenters. The number of thiophene rings is 1. The van der Waals surface area contributed by atoms with Crippen LogP contribution < -0.4 is 26.2 Å². The fraction of sp³-hybridized carbons (Fsp3) is 0.343. The van der Waals surface area contributed by atoms with E-state index in [0.29, 0.717) is 35.4 Å². The second-order valence-corrected chi connectivity index (χ2v) is 12.8. The molecule has 6 rings (SSSR count). The highest BCUT2D eigenvalue weighted by Crippen LogP contribution is 2.32. The number of anilines is 2. The van der Waals surface area contributed by atoms with Gasteiger partial charge in [-0.2, -0.15) is 0 Å². The van der Waals surface area contributed by atoms with E-state index in [1.165, 1.54) is 21.5 Å². The number of amides is 1. The van der Waals surface area contributed by atoms with Crippen molar-refractivity contribution in [2.24, 2.45) is 0 Å². The minimum absolute atomic E-state index is 0.0633. The molecular formula is C35H40N6O4S. The summed E-state index contributed by atoms with van der Waals surface area (Å²) in [4.78, 5) is 49.1. The Morgan fingerprint density at radius 1 is 0.978 bits per heavy atom. The molecule has 1 amide bonds. The van der Waals surface area contributed by atoms with Crippen molar-refractivity contribution >= 4 is 48.9 Å². The summed E-state index contributed by atoms with van der Waals surface area (Å²) in [6.07, 6.45) is 1.14. The molecule has 1 fully saturated rings. The molecule has 10 nitrogen and oxygen atoms in total. The zero-order chi connectivity index (χ0) is 32.0. The van der Waals surface area contributed by atoms with Crippen LogP contribution in [0.15, 0.2) is 82.4 Å². The molecule has 240 valence electrons. The average molecular weight is 641 g/mol. The van der Waals surface area contributed by atoms with Crippen LogP contribution in [0.1, 0.15) is 18.4 Å². The zero-order valence-corrected chi connectivity index (χ0v) is 27.1. The Morgan fingerprint density at radius 3 is 2.52 bits per heavy atom. The number of rotatable bonds is 12. The maximum atomic E-state index is 13.5. The van der Waals surface area contributed by atoms with Crippen LogP contribution in [0, 0.1) is 0 Å². The highest BCUT2D eigenvalue weighted by atomic mass is 32.1. The molecule has 2 aromatic heterocycles. The SMILES string of the molecule is COc1ccccc1N1CCN(CCn2c(=O)[nH]c3c(sc4ccc(NC(=O)CCCN(C)Cc5ccccc5)cc43)c2=O)CC1. The number of carbonyl (C=O) groups excluding carboxylic acids is 1. The smallest absolute Gasteiger partial charge is 0.328 e. The molecule has 5 aromatic rings. The Bertz CT molecular complexity index is 1930. The van der Waals surface area contributed by atoms with Gasteiger partial charge in [0.2, 0.25) is 5.91 Å². The van der Waals surface area contributed by atoms with Gasteiger partial charge in [-0.25, -0.2) is 4.79 Å². The molecule has 1 saturated heterocycles. The molecule has 46 heavy (non-hydrogen) atoms. The maximum Gasteiger partial charge on any atom is 0.328 e. The van der Waals surface area contributed by atoms with Gasteiger partial charge in [0.05, 0.1) is 18.3 Å². The first-order valence-corrected chi connectivity index (χ1v) is 16.5. The topological polar surface area (TPSA) is 103 Å². The van der Waals surface area contributed by atoms with Crippen molar-refractivity contribution in [2.45, 2.75) is 25.9 Å². The Labute approximate surface area is 271 Å². The predicted octanol–water partition coefficient (Wildman–Crippen LogP) is 4.59. The number of hydrogen-bond acceptors (Lipinski definition) is 8. The van der Waals surface area contributed by atoms with E-state index in [4.69, 9.17) is 4.74 Å². The van der Waals surface area contributed by atoms with Gasteiger partial charge in [-0.05, 0) is 55.9 Å². The molecule has 1 aliphatic rings. The molecule has 0 spiro atoms. The summed E-state index contributed by atoms with van der Waals surface area (Å²) in [7, 11) is 3.74. The standard InChI is InChI=1S/C35H40N6O4S/c1-38(24-25-9-4-3-5-10-25)16-8-13-31(42)36-26-14-15-30-27(23-26)32-33(46-30)34(43)41(35(44)37-32)22-19-39-17-20-40(21-18-39)28-11-6-7-12-29(28)45-2/h3-7,9-12,14-15,23H,8,13,16-22,24H2,1-2H3,(H,36,42)(H,37,44). The fourth-order valence-electron chi connectivity index (χ4n) is 6.09. The molecule has 0 aliphatic carbocycles. The molecular weight excluding hydrogens is 600 g/mol. The number of hydrogen-bond donors (Lipinski definition) is 2. The Hall–Kier alpha value is -4.45. The number of H-pyrrole nitrogens is 1. The summed E-state index contributed by atoms with van der Waals surface area (Å²) < 4.78 is 8.23. The number of carbonyl (C=O) groups is 1. The monoisotopic (exact) mass is 640 g/mol. The Morgan fingerprint density at radius 2 is 1.74 bits per heavy atom. The van der Waals surface area contributed by atoms with Crippen molar-refractivity contribution in [1.82, 2.24) is 19.4 Å². The van der Waals surface area contributed by atoms with Crippen molar-refractivity contribution in [3.05, 3.63) is 99.2 Å². The highest BCUT2D eigenvalue weighted by molar-refractivity contribution is 7.25. The van der Waals surface area contributed by atoms with Gasteiger partial charge in [0.1, 0.15) is 10.4 Å². The zero-order valence-electron chi connectivity index (χ0n) is 26.3. The molecule has 3 heterocycles. The lowest BCUT2D eigenvalue weighted by molar-refractivity contribution is -0.116. The molecule has 3 aromatic carbocycles. The van der Waals surface area contributed by atoms with E-state index in [2.05, 4.69) is 50.2 Å². The molecule has 0 saturated carbocycles. The maximum absolute atomic E-state index is 13.5. The van der Waals surface area contributed by atoms with Crippen molar-refractivity contribution in [1.29, 1.82) is 0 Å². The first-order valence-electron chi connectivity index (χ1n) is 15.7. The van der Waals surface area contributed by atoms with Crippen LogP contribution in [0.2, 0.25) is 0 Å². The summed E-state index contributed by atoms with van der Waals surface area (Å²) >= 11 is 1.37. The summed E-state index contributed by atoms with van der Waals surface area (Å²) in [6, 6.07) is 23.9. The number of para-hydroxylation sites is 2. The third kappa shape index (κ3) is 7.17.